The highest BCUT2D eigenvalue weighted by Crippen LogP contribution is 2.20. The van der Waals surface area contributed by atoms with Gasteiger partial charge in [0.25, 0.3) is 0 Å². The standard InChI is InChI=1S/C12H12N2O2S/c1-8-10(17-12(13)14-8)11(15)16-7-9-5-3-2-4-6-9/h2-6H,7H2,1H3,(H2,13,14). The van der Waals surface area contributed by atoms with Crippen molar-refractivity contribution in [1.29, 1.82) is 0 Å². The zero-order valence-corrected chi connectivity index (χ0v) is 10.2. The Hall–Kier alpha value is -1.88. The summed E-state index contributed by atoms with van der Waals surface area (Å²) in [4.78, 5) is 16.2. The molecule has 88 valence electrons. The molecule has 2 rings (SSSR count). The first-order valence-electron chi connectivity index (χ1n) is 5.11. The van der Waals surface area contributed by atoms with Crippen molar-refractivity contribution in [3.05, 3.63) is 46.5 Å². The fraction of sp³-hybridized carbons (Fsp3) is 0.167. The van der Waals surface area contributed by atoms with Crippen LogP contribution in [0.4, 0.5) is 5.13 Å². The third-order valence-corrected chi connectivity index (χ3v) is 3.18. The summed E-state index contributed by atoms with van der Waals surface area (Å²) in [6.45, 7) is 2.00. The topological polar surface area (TPSA) is 65.2 Å². The van der Waals surface area contributed by atoms with E-state index >= 15 is 0 Å². The number of carbonyl (C=O) groups excluding carboxylic acids is 1. The van der Waals surface area contributed by atoms with Crippen LogP contribution in [-0.2, 0) is 11.3 Å². The summed E-state index contributed by atoms with van der Waals surface area (Å²) >= 11 is 1.15. The lowest BCUT2D eigenvalue weighted by atomic mass is 10.2. The predicted molar refractivity (Wildman–Crippen MR) is 66.8 cm³/mol. The first-order chi connectivity index (χ1) is 8.16. The van der Waals surface area contributed by atoms with Crippen LogP contribution in [0.25, 0.3) is 0 Å². The molecular formula is C12H12N2O2S. The van der Waals surface area contributed by atoms with Gasteiger partial charge < -0.3 is 10.5 Å². The number of nitrogens with zero attached hydrogens (tertiary/aromatic N) is 1. The molecule has 0 amide bonds. The maximum Gasteiger partial charge on any atom is 0.350 e. The molecule has 0 bridgehead atoms. The molecule has 0 saturated heterocycles. The second-order valence-corrected chi connectivity index (χ2v) is 4.56. The van der Waals surface area contributed by atoms with Gasteiger partial charge in [0.1, 0.15) is 11.5 Å². The van der Waals surface area contributed by atoms with Crippen LogP contribution in [0.2, 0.25) is 0 Å². The largest absolute Gasteiger partial charge is 0.457 e. The van der Waals surface area contributed by atoms with E-state index in [0.29, 0.717) is 15.7 Å². The fourth-order valence-electron chi connectivity index (χ4n) is 1.40. The van der Waals surface area contributed by atoms with Gasteiger partial charge in [-0.25, -0.2) is 9.78 Å². The van der Waals surface area contributed by atoms with Crippen LogP contribution in [0.3, 0.4) is 0 Å². The molecule has 0 unspecified atom stereocenters. The summed E-state index contributed by atoms with van der Waals surface area (Å²) in [5, 5.41) is 0.383. The third kappa shape index (κ3) is 2.82. The molecule has 1 heterocycles. The Morgan fingerprint density at radius 3 is 2.71 bits per heavy atom. The molecule has 0 radical (unpaired) electrons. The van der Waals surface area contributed by atoms with Gasteiger partial charge in [-0.3, -0.25) is 0 Å². The second-order valence-electron chi connectivity index (χ2n) is 3.53. The number of ether oxygens (including phenoxy) is 1. The lowest BCUT2D eigenvalue weighted by molar-refractivity contribution is 0.0477. The monoisotopic (exact) mass is 248 g/mol. The minimum Gasteiger partial charge on any atom is -0.457 e. The zero-order chi connectivity index (χ0) is 12.3. The Balaban J connectivity index is 2.01. The molecule has 0 fully saturated rings. The lowest BCUT2D eigenvalue weighted by Gasteiger charge is -2.03. The number of benzene rings is 1. The van der Waals surface area contributed by atoms with Gasteiger partial charge in [-0.05, 0) is 12.5 Å². The summed E-state index contributed by atoms with van der Waals surface area (Å²) in [6, 6.07) is 9.53. The molecule has 0 aliphatic carbocycles. The van der Waals surface area contributed by atoms with Gasteiger partial charge in [-0.1, -0.05) is 41.7 Å². The quantitative estimate of drug-likeness (QED) is 0.847. The lowest BCUT2D eigenvalue weighted by Crippen LogP contribution is -2.04. The van der Waals surface area contributed by atoms with Crippen LogP contribution >= 0.6 is 11.3 Å². The maximum absolute atomic E-state index is 11.7. The Morgan fingerprint density at radius 2 is 2.12 bits per heavy atom. The van der Waals surface area contributed by atoms with Gasteiger partial charge in [0.15, 0.2) is 5.13 Å². The number of nitrogen functional groups attached to an aromatic ring is 1. The summed E-state index contributed by atoms with van der Waals surface area (Å²) in [5.41, 5.74) is 7.10. The smallest absolute Gasteiger partial charge is 0.350 e. The second kappa shape index (κ2) is 4.97. The van der Waals surface area contributed by atoms with Crippen molar-refractivity contribution < 1.29 is 9.53 Å². The van der Waals surface area contributed by atoms with Crippen LogP contribution in [-0.4, -0.2) is 11.0 Å². The number of hydrogen-bond donors (Lipinski definition) is 1. The van der Waals surface area contributed by atoms with Gasteiger partial charge in [-0.15, -0.1) is 0 Å². The van der Waals surface area contributed by atoms with E-state index in [1.165, 1.54) is 0 Å². The number of thiazole rings is 1. The minimum atomic E-state index is -0.374. The first-order valence-corrected chi connectivity index (χ1v) is 5.92. The van der Waals surface area contributed by atoms with Crippen molar-refractivity contribution in [3.8, 4) is 0 Å². The minimum absolute atomic E-state index is 0.261. The summed E-state index contributed by atoms with van der Waals surface area (Å²) in [5.74, 6) is -0.374. The number of aryl methyl sites for hydroxylation is 1. The van der Waals surface area contributed by atoms with Gasteiger partial charge in [0.05, 0.1) is 5.69 Å². The molecule has 2 aromatic rings. The normalized spacial score (nSPS) is 10.2. The van der Waals surface area contributed by atoms with Crippen molar-refractivity contribution >= 4 is 22.4 Å². The first kappa shape index (κ1) is 11.6. The van der Waals surface area contributed by atoms with E-state index in [1.807, 2.05) is 30.3 Å². The van der Waals surface area contributed by atoms with Crippen molar-refractivity contribution in [2.24, 2.45) is 0 Å². The number of esters is 1. The molecule has 0 aliphatic rings. The predicted octanol–water partition coefficient (Wildman–Crippen LogP) is 2.39. The molecule has 1 aromatic carbocycles. The summed E-state index contributed by atoms with van der Waals surface area (Å²) in [6.07, 6.45) is 0. The molecule has 4 nitrogen and oxygen atoms in total. The summed E-state index contributed by atoms with van der Waals surface area (Å²) in [7, 11) is 0. The number of carbonyl (C=O) groups is 1. The Kier molecular flexibility index (Phi) is 3.39. The van der Waals surface area contributed by atoms with Crippen LogP contribution in [0.5, 0.6) is 0 Å². The number of anilines is 1. The average molecular weight is 248 g/mol. The molecule has 0 saturated carbocycles. The Labute approximate surface area is 103 Å². The highest BCUT2D eigenvalue weighted by molar-refractivity contribution is 7.17. The highest BCUT2D eigenvalue weighted by Gasteiger charge is 2.15. The van der Waals surface area contributed by atoms with E-state index in [-0.39, 0.29) is 12.6 Å². The SMILES string of the molecule is Cc1nc(N)sc1C(=O)OCc1ccccc1. The van der Waals surface area contributed by atoms with E-state index in [0.717, 1.165) is 16.9 Å². The summed E-state index contributed by atoms with van der Waals surface area (Å²) < 4.78 is 5.18. The van der Waals surface area contributed by atoms with Gasteiger partial charge >= 0.3 is 5.97 Å². The van der Waals surface area contributed by atoms with Crippen molar-refractivity contribution in [1.82, 2.24) is 4.98 Å². The third-order valence-electron chi connectivity index (χ3n) is 2.21. The molecule has 2 N–H and O–H groups in total. The highest BCUT2D eigenvalue weighted by atomic mass is 32.1. The molecular weight excluding hydrogens is 236 g/mol. The maximum atomic E-state index is 11.7. The van der Waals surface area contributed by atoms with Crippen LogP contribution in [0, 0.1) is 6.92 Å². The molecule has 17 heavy (non-hydrogen) atoms. The number of nitrogens with two attached hydrogens (primary N) is 1. The van der Waals surface area contributed by atoms with Crippen LogP contribution in [0.15, 0.2) is 30.3 Å². The molecule has 1 aromatic heterocycles. The molecule has 0 spiro atoms. The van der Waals surface area contributed by atoms with Crippen molar-refractivity contribution in [3.63, 3.8) is 0 Å². The van der Waals surface area contributed by atoms with Gasteiger partial charge in [0, 0.05) is 0 Å². The van der Waals surface area contributed by atoms with E-state index < -0.39 is 0 Å². The average Bonchev–Trinajstić information content (AvgIpc) is 2.67. The number of hydrogen-bond acceptors (Lipinski definition) is 5. The van der Waals surface area contributed by atoms with Gasteiger partial charge in [-0.2, -0.15) is 0 Å². The van der Waals surface area contributed by atoms with E-state index in [4.69, 9.17) is 10.5 Å². The Morgan fingerprint density at radius 1 is 1.41 bits per heavy atom. The zero-order valence-electron chi connectivity index (χ0n) is 9.34. The number of rotatable bonds is 3. The van der Waals surface area contributed by atoms with Crippen LogP contribution < -0.4 is 5.73 Å². The number of aromatic nitrogens is 1. The Bertz CT molecular complexity index is 523. The molecule has 0 atom stereocenters. The van der Waals surface area contributed by atoms with E-state index in [2.05, 4.69) is 4.98 Å². The van der Waals surface area contributed by atoms with E-state index in [9.17, 15) is 4.79 Å². The van der Waals surface area contributed by atoms with Gasteiger partial charge in [0.2, 0.25) is 0 Å². The van der Waals surface area contributed by atoms with Crippen LogP contribution in [0.1, 0.15) is 20.9 Å². The van der Waals surface area contributed by atoms with Crippen molar-refractivity contribution in [2.75, 3.05) is 5.73 Å². The van der Waals surface area contributed by atoms with E-state index in [1.54, 1.807) is 6.92 Å². The molecule has 0 aliphatic heterocycles. The van der Waals surface area contributed by atoms with Crippen molar-refractivity contribution in [2.45, 2.75) is 13.5 Å². The molecule has 5 heteroatoms. The fourth-order valence-corrected chi connectivity index (χ4v) is 2.12.